The molecule has 0 radical (unpaired) electrons. The summed E-state index contributed by atoms with van der Waals surface area (Å²) in [4.78, 5) is 0. The second kappa shape index (κ2) is 6.06. The molecule has 100 valence electrons. The monoisotopic (exact) mass is 286 g/mol. The maximum Gasteiger partial charge on any atom is 0.216 e. The number of nitrogens with one attached hydrogen (secondary N) is 1. The first-order valence-corrected chi connectivity index (χ1v) is 8.75. The minimum atomic E-state index is -3.25. The highest BCUT2D eigenvalue weighted by Crippen LogP contribution is 2.18. The first-order chi connectivity index (χ1) is 8.59. The van der Waals surface area contributed by atoms with Crippen LogP contribution in [0.5, 0.6) is 0 Å². The van der Waals surface area contributed by atoms with Crippen LogP contribution in [0.1, 0.15) is 17.5 Å². The number of thioether (sulfide) groups is 1. The lowest BCUT2D eigenvalue weighted by atomic mass is 10.1. The van der Waals surface area contributed by atoms with Gasteiger partial charge in [-0.25, -0.2) is 13.1 Å². The lowest BCUT2D eigenvalue weighted by Crippen LogP contribution is -2.35. The first-order valence-electron chi connectivity index (χ1n) is 5.95. The van der Waals surface area contributed by atoms with Crippen molar-refractivity contribution in [1.29, 1.82) is 0 Å². The number of sulfonamides is 1. The molecule has 1 aliphatic rings. The highest BCUT2D eigenvalue weighted by molar-refractivity contribution is 7.99. The van der Waals surface area contributed by atoms with Crippen LogP contribution in [0.2, 0.25) is 0 Å². The minimum absolute atomic E-state index is 0.0298. The standard InChI is InChI=1S/C12H18N2O2S2/c13-7-10-2-1-3-11(6-10)9-18(15,16)14-12-4-5-17-8-12/h1-3,6,12,14H,4-5,7-9,13H2. The van der Waals surface area contributed by atoms with Gasteiger partial charge in [-0.2, -0.15) is 11.8 Å². The van der Waals surface area contributed by atoms with Crippen LogP contribution in [-0.4, -0.2) is 26.0 Å². The van der Waals surface area contributed by atoms with E-state index in [0.29, 0.717) is 6.54 Å². The van der Waals surface area contributed by atoms with Crippen LogP contribution in [0.15, 0.2) is 24.3 Å². The van der Waals surface area contributed by atoms with Crippen molar-refractivity contribution in [3.63, 3.8) is 0 Å². The van der Waals surface area contributed by atoms with Gasteiger partial charge in [0.1, 0.15) is 0 Å². The van der Waals surface area contributed by atoms with E-state index >= 15 is 0 Å². The molecular weight excluding hydrogens is 268 g/mol. The molecule has 18 heavy (non-hydrogen) atoms. The Labute approximate surface area is 112 Å². The number of benzene rings is 1. The van der Waals surface area contributed by atoms with Gasteiger partial charge in [0.2, 0.25) is 10.0 Å². The van der Waals surface area contributed by atoms with Gasteiger partial charge >= 0.3 is 0 Å². The average Bonchev–Trinajstić information content (AvgIpc) is 2.80. The van der Waals surface area contributed by atoms with Crippen molar-refractivity contribution >= 4 is 21.8 Å². The topological polar surface area (TPSA) is 72.2 Å². The molecule has 0 saturated carbocycles. The summed E-state index contributed by atoms with van der Waals surface area (Å²) < 4.78 is 26.8. The number of nitrogens with two attached hydrogens (primary N) is 1. The fourth-order valence-corrected chi connectivity index (χ4v) is 4.66. The number of hydrogen-bond acceptors (Lipinski definition) is 4. The average molecular weight is 286 g/mol. The molecule has 1 fully saturated rings. The Morgan fingerprint density at radius 1 is 1.39 bits per heavy atom. The molecule has 1 aromatic rings. The molecule has 4 nitrogen and oxygen atoms in total. The van der Waals surface area contributed by atoms with Crippen LogP contribution in [-0.2, 0) is 22.3 Å². The number of rotatable bonds is 5. The molecule has 0 aliphatic carbocycles. The first kappa shape index (κ1) is 13.9. The van der Waals surface area contributed by atoms with E-state index in [1.54, 1.807) is 11.8 Å². The Morgan fingerprint density at radius 3 is 2.83 bits per heavy atom. The molecule has 1 aromatic carbocycles. The molecule has 1 unspecified atom stereocenters. The van der Waals surface area contributed by atoms with Crippen molar-refractivity contribution < 1.29 is 8.42 Å². The predicted molar refractivity (Wildman–Crippen MR) is 75.8 cm³/mol. The second-order valence-corrected chi connectivity index (χ2v) is 7.37. The zero-order valence-corrected chi connectivity index (χ0v) is 11.8. The van der Waals surface area contributed by atoms with Crippen LogP contribution in [0.4, 0.5) is 0 Å². The lowest BCUT2D eigenvalue weighted by Gasteiger charge is -2.12. The molecule has 1 saturated heterocycles. The molecule has 0 amide bonds. The Hall–Kier alpha value is -0.560. The van der Waals surface area contributed by atoms with Crippen molar-refractivity contribution in [2.75, 3.05) is 11.5 Å². The molecule has 2 rings (SSSR count). The van der Waals surface area contributed by atoms with Crippen molar-refractivity contribution in [3.05, 3.63) is 35.4 Å². The Balaban J connectivity index is 2.02. The van der Waals surface area contributed by atoms with Gasteiger partial charge in [0.25, 0.3) is 0 Å². The van der Waals surface area contributed by atoms with Gasteiger partial charge in [-0.1, -0.05) is 24.3 Å². The second-order valence-electron chi connectivity index (χ2n) is 4.46. The van der Waals surface area contributed by atoms with Gasteiger partial charge in [0, 0.05) is 18.3 Å². The fourth-order valence-electron chi connectivity index (χ4n) is 1.99. The lowest BCUT2D eigenvalue weighted by molar-refractivity contribution is 0.562. The maximum atomic E-state index is 12.0. The number of hydrogen-bond donors (Lipinski definition) is 2. The summed E-state index contributed by atoms with van der Waals surface area (Å²) in [5, 5.41) is 0. The molecular formula is C12H18N2O2S2. The van der Waals surface area contributed by atoms with Crippen molar-refractivity contribution in [1.82, 2.24) is 4.72 Å². The third-order valence-electron chi connectivity index (χ3n) is 2.86. The van der Waals surface area contributed by atoms with Crippen LogP contribution in [0.3, 0.4) is 0 Å². The SMILES string of the molecule is NCc1cccc(CS(=O)(=O)NC2CCSC2)c1. The van der Waals surface area contributed by atoms with Gasteiger partial charge in [-0.15, -0.1) is 0 Å². The largest absolute Gasteiger partial charge is 0.326 e. The summed E-state index contributed by atoms with van der Waals surface area (Å²) in [6, 6.07) is 7.51. The molecule has 0 aromatic heterocycles. The van der Waals surface area contributed by atoms with Crippen molar-refractivity contribution in [3.8, 4) is 0 Å². The maximum absolute atomic E-state index is 12.0. The van der Waals surface area contributed by atoms with Gasteiger partial charge in [-0.05, 0) is 23.3 Å². The normalized spacial score (nSPS) is 20.2. The van der Waals surface area contributed by atoms with Gasteiger partial charge in [-0.3, -0.25) is 0 Å². The Kier molecular flexibility index (Phi) is 4.66. The van der Waals surface area contributed by atoms with Gasteiger partial charge in [0.05, 0.1) is 5.75 Å². The highest BCUT2D eigenvalue weighted by Gasteiger charge is 2.21. The van der Waals surface area contributed by atoms with E-state index in [0.717, 1.165) is 29.1 Å². The van der Waals surface area contributed by atoms with Crippen LogP contribution in [0.25, 0.3) is 0 Å². The predicted octanol–water partition coefficient (Wildman–Crippen LogP) is 1.07. The van der Waals surface area contributed by atoms with E-state index in [9.17, 15) is 8.42 Å². The van der Waals surface area contributed by atoms with Crippen LogP contribution >= 0.6 is 11.8 Å². The molecule has 1 heterocycles. The Morgan fingerprint density at radius 2 is 2.17 bits per heavy atom. The molecule has 0 bridgehead atoms. The summed E-state index contributed by atoms with van der Waals surface area (Å²) >= 11 is 1.79. The van der Waals surface area contributed by atoms with Crippen molar-refractivity contribution in [2.24, 2.45) is 5.73 Å². The summed E-state index contributed by atoms with van der Waals surface area (Å²) in [5.41, 5.74) is 7.29. The highest BCUT2D eigenvalue weighted by atomic mass is 32.2. The van der Waals surface area contributed by atoms with Gasteiger partial charge in [0.15, 0.2) is 0 Å². The molecule has 3 N–H and O–H groups in total. The summed E-state index contributed by atoms with van der Waals surface area (Å²) in [7, 11) is -3.25. The minimum Gasteiger partial charge on any atom is -0.326 e. The summed E-state index contributed by atoms with van der Waals surface area (Å²) in [6.45, 7) is 0.431. The quantitative estimate of drug-likeness (QED) is 0.849. The third-order valence-corrected chi connectivity index (χ3v) is 5.43. The van der Waals surface area contributed by atoms with Crippen LogP contribution in [0, 0.1) is 0 Å². The smallest absolute Gasteiger partial charge is 0.216 e. The fraction of sp³-hybridized carbons (Fsp3) is 0.500. The summed E-state index contributed by atoms with van der Waals surface area (Å²) in [6.07, 6.45) is 0.923. The third kappa shape index (κ3) is 3.98. The van der Waals surface area contributed by atoms with E-state index < -0.39 is 10.0 Å². The van der Waals surface area contributed by atoms with E-state index in [1.807, 2.05) is 24.3 Å². The zero-order valence-electron chi connectivity index (χ0n) is 10.1. The molecule has 6 heteroatoms. The summed E-state index contributed by atoms with van der Waals surface area (Å²) in [5.74, 6) is 1.94. The van der Waals surface area contributed by atoms with E-state index in [2.05, 4.69) is 4.72 Å². The Bertz CT molecular complexity index is 497. The van der Waals surface area contributed by atoms with Crippen LogP contribution < -0.4 is 10.5 Å². The van der Waals surface area contributed by atoms with E-state index in [1.165, 1.54) is 0 Å². The molecule has 1 aliphatic heterocycles. The van der Waals surface area contributed by atoms with E-state index in [4.69, 9.17) is 5.73 Å². The van der Waals surface area contributed by atoms with Crippen molar-refractivity contribution in [2.45, 2.75) is 24.8 Å². The van der Waals surface area contributed by atoms with Gasteiger partial charge < -0.3 is 5.73 Å². The molecule has 0 spiro atoms. The molecule has 1 atom stereocenters. The van der Waals surface area contributed by atoms with E-state index in [-0.39, 0.29) is 11.8 Å². The zero-order chi connectivity index (χ0) is 13.0.